The van der Waals surface area contributed by atoms with Gasteiger partial charge in [0.05, 0.1) is 6.10 Å². The third-order valence-corrected chi connectivity index (χ3v) is 5.97. The van der Waals surface area contributed by atoms with Crippen LogP contribution in [0.15, 0.2) is 41.1 Å². The number of nitrogens with zero attached hydrogens (tertiary/aromatic N) is 2. The molecule has 2 aliphatic heterocycles. The molecule has 0 bridgehead atoms. The molecule has 0 radical (unpaired) electrons. The molecule has 2 aliphatic rings. The Morgan fingerprint density at radius 3 is 2.93 bits per heavy atom. The summed E-state index contributed by atoms with van der Waals surface area (Å²) in [4.78, 5) is 29.2. The van der Waals surface area contributed by atoms with E-state index in [2.05, 4.69) is 5.38 Å². The van der Waals surface area contributed by atoms with Crippen LogP contribution in [0, 0.1) is 0 Å². The molecule has 27 heavy (non-hydrogen) atoms. The molecule has 0 unspecified atom stereocenters. The first-order valence-corrected chi connectivity index (χ1v) is 10.4. The summed E-state index contributed by atoms with van der Waals surface area (Å²) in [6.45, 7) is 2.00. The van der Waals surface area contributed by atoms with Crippen molar-refractivity contribution in [3.05, 3.63) is 52.2 Å². The second kappa shape index (κ2) is 8.23. The number of carbonyl (C=O) groups is 2. The van der Waals surface area contributed by atoms with Crippen molar-refractivity contribution in [1.82, 2.24) is 4.90 Å². The fourth-order valence-electron chi connectivity index (χ4n) is 3.80. The first kappa shape index (κ1) is 18.2. The highest BCUT2D eigenvalue weighted by Crippen LogP contribution is 2.27. The average Bonchev–Trinajstić information content (AvgIpc) is 3.37. The van der Waals surface area contributed by atoms with Crippen molar-refractivity contribution in [2.75, 3.05) is 24.6 Å². The molecule has 4 rings (SSSR count). The van der Waals surface area contributed by atoms with Crippen LogP contribution in [-0.2, 0) is 27.3 Å². The average molecular weight is 385 g/mol. The molecule has 1 fully saturated rings. The van der Waals surface area contributed by atoms with Crippen molar-refractivity contribution >= 4 is 28.8 Å². The summed E-state index contributed by atoms with van der Waals surface area (Å²) in [6, 6.07) is 9.92. The van der Waals surface area contributed by atoms with Gasteiger partial charge in [-0.2, -0.15) is 11.3 Å². The number of benzene rings is 1. The van der Waals surface area contributed by atoms with Gasteiger partial charge in [-0.05, 0) is 53.3 Å². The van der Waals surface area contributed by atoms with Gasteiger partial charge in [-0.1, -0.05) is 18.2 Å². The molecule has 2 amide bonds. The number of fused-ring (bicyclic) bond motifs is 1. The van der Waals surface area contributed by atoms with Gasteiger partial charge >= 0.3 is 0 Å². The minimum atomic E-state index is -0.0262. The molecule has 0 aliphatic carbocycles. The van der Waals surface area contributed by atoms with E-state index < -0.39 is 0 Å². The Bertz CT molecular complexity index is 800. The smallest absolute Gasteiger partial charge is 0.243 e. The minimum absolute atomic E-state index is 0.0228. The third-order valence-electron chi connectivity index (χ3n) is 5.24. The van der Waals surface area contributed by atoms with Gasteiger partial charge in [-0.3, -0.25) is 9.59 Å². The monoisotopic (exact) mass is 384 g/mol. The van der Waals surface area contributed by atoms with Gasteiger partial charge in [0.2, 0.25) is 11.8 Å². The van der Waals surface area contributed by atoms with Crippen molar-refractivity contribution in [1.29, 1.82) is 0 Å². The fraction of sp³-hybridized carbons (Fsp3) is 0.429. The Morgan fingerprint density at radius 2 is 2.15 bits per heavy atom. The largest absolute Gasteiger partial charge is 0.376 e. The number of amides is 2. The van der Waals surface area contributed by atoms with Crippen LogP contribution in [0.5, 0.6) is 0 Å². The van der Waals surface area contributed by atoms with Gasteiger partial charge < -0.3 is 14.5 Å². The zero-order valence-electron chi connectivity index (χ0n) is 15.3. The molecule has 0 spiro atoms. The zero-order valence-corrected chi connectivity index (χ0v) is 16.1. The lowest BCUT2D eigenvalue weighted by molar-refractivity contribution is -0.133. The molecule has 1 aromatic carbocycles. The van der Waals surface area contributed by atoms with Crippen LogP contribution in [0.1, 0.15) is 30.4 Å². The van der Waals surface area contributed by atoms with E-state index in [4.69, 9.17) is 4.74 Å². The number of hydrogen-bond donors (Lipinski definition) is 0. The molecule has 1 atom stereocenters. The summed E-state index contributed by atoms with van der Waals surface area (Å²) in [5.41, 5.74) is 3.12. The van der Waals surface area contributed by atoms with Crippen molar-refractivity contribution in [3.63, 3.8) is 0 Å². The van der Waals surface area contributed by atoms with E-state index in [1.807, 2.05) is 40.6 Å². The summed E-state index contributed by atoms with van der Waals surface area (Å²) in [5.74, 6) is -0.00333. The quantitative estimate of drug-likeness (QED) is 0.768. The molecule has 1 saturated heterocycles. The van der Waals surface area contributed by atoms with Crippen molar-refractivity contribution in [2.24, 2.45) is 0 Å². The van der Waals surface area contributed by atoms with Gasteiger partial charge in [0, 0.05) is 31.8 Å². The summed E-state index contributed by atoms with van der Waals surface area (Å²) in [5, 5.41) is 4.09. The maximum absolute atomic E-state index is 13.2. The normalized spacial score (nSPS) is 19.2. The molecule has 1 aromatic heterocycles. The second-order valence-corrected chi connectivity index (χ2v) is 7.93. The first-order valence-electron chi connectivity index (χ1n) is 9.49. The van der Waals surface area contributed by atoms with E-state index in [9.17, 15) is 9.59 Å². The van der Waals surface area contributed by atoms with E-state index in [-0.39, 0.29) is 24.5 Å². The van der Waals surface area contributed by atoms with E-state index in [0.29, 0.717) is 19.5 Å². The maximum atomic E-state index is 13.2. The van der Waals surface area contributed by atoms with Crippen molar-refractivity contribution < 1.29 is 14.3 Å². The zero-order chi connectivity index (χ0) is 18.6. The molecule has 6 heteroatoms. The van der Waals surface area contributed by atoms with E-state index in [0.717, 1.165) is 42.7 Å². The van der Waals surface area contributed by atoms with Crippen LogP contribution >= 0.6 is 11.3 Å². The van der Waals surface area contributed by atoms with Crippen molar-refractivity contribution in [3.8, 4) is 0 Å². The Morgan fingerprint density at radius 1 is 1.26 bits per heavy atom. The lowest BCUT2D eigenvalue weighted by Gasteiger charge is -2.32. The van der Waals surface area contributed by atoms with Crippen LogP contribution in [0.4, 0.5) is 5.69 Å². The van der Waals surface area contributed by atoms with E-state index in [1.165, 1.54) is 0 Å². The number of para-hydroxylation sites is 1. The highest BCUT2D eigenvalue weighted by Gasteiger charge is 2.29. The molecular formula is C21H24N2O3S. The SMILES string of the molecule is O=C(CN1C(=O)CCc2ccccc21)N(Cc1ccsc1)C[C@@H]1CCCO1. The van der Waals surface area contributed by atoms with Gasteiger partial charge in [-0.25, -0.2) is 0 Å². The molecule has 0 N–H and O–H groups in total. The highest BCUT2D eigenvalue weighted by atomic mass is 32.1. The molecule has 5 nitrogen and oxygen atoms in total. The molecular weight excluding hydrogens is 360 g/mol. The topological polar surface area (TPSA) is 49.9 Å². The summed E-state index contributed by atoms with van der Waals surface area (Å²) >= 11 is 1.63. The molecule has 142 valence electrons. The van der Waals surface area contributed by atoms with Crippen LogP contribution in [0.3, 0.4) is 0 Å². The van der Waals surface area contributed by atoms with E-state index >= 15 is 0 Å². The number of hydrogen-bond acceptors (Lipinski definition) is 4. The maximum Gasteiger partial charge on any atom is 0.243 e. The Hall–Kier alpha value is -2.18. The predicted octanol–water partition coefficient (Wildman–Crippen LogP) is 3.24. The predicted molar refractivity (Wildman–Crippen MR) is 106 cm³/mol. The lowest BCUT2D eigenvalue weighted by atomic mass is 10.0. The lowest BCUT2D eigenvalue weighted by Crippen LogP contribution is -2.46. The number of carbonyl (C=O) groups excluding carboxylic acids is 2. The molecule has 3 heterocycles. The second-order valence-electron chi connectivity index (χ2n) is 7.15. The third kappa shape index (κ3) is 4.22. The number of ether oxygens (including phenoxy) is 1. The fourth-order valence-corrected chi connectivity index (χ4v) is 4.46. The number of aryl methyl sites for hydroxylation is 1. The minimum Gasteiger partial charge on any atom is -0.376 e. The van der Waals surface area contributed by atoms with Gasteiger partial charge in [0.1, 0.15) is 6.54 Å². The van der Waals surface area contributed by atoms with Crippen LogP contribution in [0.2, 0.25) is 0 Å². The number of rotatable bonds is 6. The number of anilines is 1. The van der Waals surface area contributed by atoms with Gasteiger partial charge in [-0.15, -0.1) is 0 Å². The first-order chi connectivity index (χ1) is 13.2. The highest BCUT2D eigenvalue weighted by molar-refractivity contribution is 7.07. The van der Waals surface area contributed by atoms with E-state index in [1.54, 1.807) is 16.2 Å². The molecule has 2 aromatic rings. The van der Waals surface area contributed by atoms with Crippen LogP contribution in [-0.4, -0.2) is 42.5 Å². The summed E-state index contributed by atoms with van der Waals surface area (Å²) in [6.07, 6.45) is 3.33. The van der Waals surface area contributed by atoms with Gasteiger partial charge in [0.25, 0.3) is 0 Å². The Balaban J connectivity index is 1.51. The molecule has 0 saturated carbocycles. The summed E-state index contributed by atoms with van der Waals surface area (Å²) < 4.78 is 5.75. The van der Waals surface area contributed by atoms with Crippen LogP contribution in [0.25, 0.3) is 0 Å². The summed E-state index contributed by atoms with van der Waals surface area (Å²) in [7, 11) is 0. The van der Waals surface area contributed by atoms with Crippen molar-refractivity contribution in [2.45, 2.75) is 38.3 Å². The Labute approximate surface area is 163 Å². The standard InChI is InChI=1S/C21H24N2O3S/c24-20-8-7-17-4-1-2-6-19(17)23(20)14-21(25)22(12-16-9-11-27-15-16)13-18-5-3-10-26-18/h1-2,4,6,9,11,15,18H,3,5,7-8,10,12-14H2/t18-/m0/s1. The van der Waals surface area contributed by atoms with Crippen LogP contribution < -0.4 is 4.90 Å². The van der Waals surface area contributed by atoms with Gasteiger partial charge in [0.15, 0.2) is 0 Å². The number of thiophene rings is 1. The Kier molecular flexibility index (Phi) is 5.55.